The smallest absolute Gasteiger partial charge is 0.417 e. The Morgan fingerprint density at radius 1 is 1.21 bits per heavy atom. The van der Waals surface area contributed by atoms with E-state index in [-0.39, 0.29) is 12.4 Å². The maximum absolute atomic E-state index is 13.0. The third-order valence-corrected chi connectivity index (χ3v) is 3.48. The minimum Gasteiger partial charge on any atom is -0.466 e. The number of esters is 1. The highest BCUT2D eigenvalue weighted by atomic mass is 19.4. The monoisotopic (exact) mass is 337 g/mol. The van der Waals surface area contributed by atoms with Crippen molar-refractivity contribution in [2.45, 2.75) is 32.4 Å². The van der Waals surface area contributed by atoms with E-state index in [4.69, 9.17) is 4.74 Å². The summed E-state index contributed by atoms with van der Waals surface area (Å²) in [6.45, 7) is 2.04. The van der Waals surface area contributed by atoms with Gasteiger partial charge in [-0.2, -0.15) is 13.2 Å². The van der Waals surface area contributed by atoms with Gasteiger partial charge in [0.25, 0.3) is 0 Å². The molecule has 128 valence electrons. The third kappa shape index (κ3) is 4.81. The average Bonchev–Trinajstić information content (AvgIpc) is 2.55. The van der Waals surface area contributed by atoms with Gasteiger partial charge in [0.1, 0.15) is 0 Å². The van der Waals surface area contributed by atoms with Crippen LogP contribution in [0.15, 0.2) is 42.6 Å². The quantitative estimate of drug-likeness (QED) is 0.720. The van der Waals surface area contributed by atoms with Gasteiger partial charge in [0.2, 0.25) is 0 Å². The number of hydrogen-bond acceptors (Lipinski definition) is 3. The standard InChI is InChI=1S/C18H18F3NO2/c1-2-24-17(23)10-6-9-16-15(13-7-4-3-5-8-13)11-14(12-22-16)18(19,20)21/h3-5,7-8,11-12H,2,6,9-10H2,1H3. The molecule has 0 amide bonds. The van der Waals surface area contributed by atoms with Crippen molar-refractivity contribution in [1.29, 1.82) is 0 Å². The van der Waals surface area contributed by atoms with Crippen molar-refractivity contribution in [2.75, 3.05) is 6.61 Å². The first-order valence-electron chi connectivity index (χ1n) is 7.69. The number of carbonyl (C=O) groups is 1. The summed E-state index contributed by atoms with van der Waals surface area (Å²) in [4.78, 5) is 15.4. The largest absolute Gasteiger partial charge is 0.466 e. The van der Waals surface area contributed by atoms with Gasteiger partial charge in [-0.05, 0) is 31.4 Å². The summed E-state index contributed by atoms with van der Waals surface area (Å²) in [5, 5.41) is 0. The van der Waals surface area contributed by atoms with Crippen LogP contribution < -0.4 is 0 Å². The number of alkyl halides is 3. The maximum atomic E-state index is 13.0. The van der Waals surface area contributed by atoms with Crippen molar-refractivity contribution in [2.24, 2.45) is 0 Å². The first-order valence-corrected chi connectivity index (χ1v) is 7.69. The number of aromatic nitrogens is 1. The molecule has 0 unspecified atom stereocenters. The molecule has 24 heavy (non-hydrogen) atoms. The van der Waals surface area contributed by atoms with Crippen LogP contribution in [0.4, 0.5) is 13.2 Å². The Bertz CT molecular complexity index is 684. The molecule has 3 nitrogen and oxygen atoms in total. The fourth-order valence-electron chi connectivity index (χ4n) is 2.35. The van der Waals surface area contributed by atoms with Crippen LogP contribution in [0.3, 0.4) is 0 Å². The number of aryl methyl sites for hydroxylation is 1. The Hall–Kier alpha value is -2.37. The van der Waals surface area contributed by atoms with Crippen LogP contribution in [0, 0.1) is 0 Å². The summed E-state index contributed by atoms with van der Waals surface area (Å²) >= 11 is 0. The van der Waals surface area contributed by atoms with Crippen molar-refractivity contribution in [3.63, 3.8) is 0 Å². The number of benzene rings is 1. The number of pyridine rings is 1. The molecule has 0 saturated carbocycles. The molecule has 0 saturated heterocycles. The lowest BCUT2D eigenvalue weighted by molar-refractivity contribution is -0.143. The predicted octanol–water partition coefficient (Wildman–Crippen LogP) is 4.65. The van der Waals surface area contributed by atoms with Crippen LogP contribution in [0.5, 0.6) is 0 Å². The molecule has 0 aliphatic carbocycles. The van der Waals surface area contributed by atoms with Gasteiger partial charge in [-0.25, -0.2) is 0 Å². The van der Waals surface area contributed by atoms with Crippen LogP contribution in [0.1, 0.15) is 31.0 Å². The third-order valence-electron chi connectivity index (χ3n) is 3.48. The molecule has 0 bridgehead atoms. The lowest BCUT2D eigenvalue weighted by atomic mass is 9.99. The molecule has 0 aliphatic rings. The summed E-state index contributed by atoms with van der Waals surface area (Å²) in [5.74, 6) is -0.314. The molecule has 0 spiro atoms. The molecule has 2 aromatic rings. The summed E-state index contributed by atoms with van der Waals surface area (Å²) < 4.78 is 43.7. The maximum Gasteiger partial charge on any atom is 0.417 e. The molecule has 1 aromatic carbocycles. The molecule has 0 atom stereocenters. The molecule has 0 radical (unpaired) electrons. The van der Waals surface area contributed by atoms with Crippen molar-refractivity contribution in [3.8, 4) is 11.1 Å². The Kier molecular flexibility index (Phi) is 5.95. The second kappa shape index (κ2) is 7.95. The van der Waals surface area contributed by atoms with E-state index < -0.39 is 11.7 Å². The zero-order valence-corrected chi connectivity index (χ0v) is 13.3. The zero-order chi connectivity index (χ0) is 17.6. The molecule has 0 N–H and O–H groups in total. The van der Waals surface area contributed by atoms with E-state index in [9.17, 15) is 18.0 Å². The molecule has 0 aliphatic heterocycles. The van der Waals surface area contributed by atoms with Crippen LogP contribution >= 0.6 is 0 Å². The van der Waals surface area contributed by atoms with E-state index in [1.807, 2.05) is 0 Å². The zero-order valence-electron chi connectivity index (χ0n) is 13.3. The Labute approximate surface area is 138 Å². The average molecular weight is 337 g/mol. The number of nitrogens with zero attached hydrogens (tertiary/aromatic N) is 1. The van der Waals surface area contributed by atoms with Crippen LogP contribution in [0.25, 0.3) is 11.1 Å². The second-order valence-electron chi connectivity index (χ2n) is 5.24. The summed E-state index contributed by atoms with van der Waals surface area (Å²) in [7, 11) is 0. The van der Waals surface area contributed by atoms with E-state index >= 15 is 0 Å². The number of halogens is 3. The summed E-state index contributed by atoms with van der Waals surface area (Å²) in [5.41, 5.74) is 0.866. The Morgan fingerprint density at radius 3 is 2.54 bits per heavy atom. The first-order chi connectivity index (χ1) is 11.4. The van der Waals surface area contributed by atoms with Crippen molar-refractivity contribution < 1.29 is 22.7 Å². The molecular weight excluding hydrogens is 319 g/mol. The van der Waals surface area contributed by atoms with Gasteiger partial charge < -0.3 is 4.74 Å². The summed E-state index contributed by atoms with van der Waals surface area (Å²) in [6.07, 6.45) is -2.52. The minimum atomic E-state index is -4.44. The van der Waals surface area contributed by atoms with Crippen LogP contribution in [0.2, 0.25) is 0 Å². The number of ether oxygens (including phenoxy) is 1. The topological polar surface area (TPSA) is 39.2 Å². The fourth-order valence-corrected chi connectivity index (χ4v) is 2.35. The molecule has 1 aromatic heterocycles. The van der Waals surface area contributed by atoms with Gasteiger partial charge in [0.05, 0.1) is 12.2 Å². The van der Waals surface area contributed by atoms with Crippen LogP contribution in [-0.2, 0) is 22.1 Å². The highest BCUT2D eigenvalue weighted by molar-refractivity contribution is 5.69. The van der Waals surface area contributed by atoms with Gasteiger partial charge >= 0.3 is 12.1 Å². The number of rotatable bonds is 6. The minimum absolute atomic E-state index is 0.213. The van der Waals surface area contributed by atoms with E-state index in [1.54, 1.807) is 37.3 Å². The second-order valence-corrected chi connectivity index (χ2v) is 5.24. The molecule has 6 heteroatoms. The lowest BCUT2D eigenvalue weighted by Gasteiger charge is -2.13. The van der Waals surface area contributed by atoms with E-state index in [2.05, 4.69) is 4.98 Å². The van der Waals surface area contributed by atoms with Crippen molar-refractivity contribution in [3.05, 3.63) is 53.9 Å². The van der Waals surface area contributed by atoms with E-state index in [0.29, 0.717) is 36.3 Å². The Balaban J connectivity index is 2.25. The SMILES string of the molecule is CCOC(=O)CCCc1ncc(C(F)(F)F)cc1-c1ccccc1. The predicted molar refractivity (Wildman–Crippen MR) is 84.2 cm³/mol. The van der Waals surface area contributed by atoms with Crippen molar-refractivity contribution in [1.82, 2.24) is 4.98 Å². The lowest BCUT2D eigenvalue weighted by Crippen LogP contribution is -2.08. The van der Waals surface area contributed by atoms with E-state index in [0.717, 1.165) is 12.3 Å². The van der Waals surface area contributed by atoms with Crippen LogP contribution in [-0.4, -0.2) is 17.6 Å². The number of carbonyl (C=O) groups excluding carboxylic acids is 1. The van der Waals surface area contributed by atoms with Gasteiger partial charge in [0.15, 0.2) is 0 Å². The van der Waals surface area contributed by atoms with Gasteiger partial charge in [-0.3, -0.25) is 9.78 Å². The first kappa shape index (κ1) is 18.0. The van der Waals surface area contributed by atoms with Gasteiger partial charge in [0, 0.05) is 23.9 Å². The van der Waals surface area contributed by atoms with E-state index in [1.165, 1.54) is 0 Å². The number of hydrogen-bond donors (Lipinski definition) is 0. The highest BCUT2D eigenvalue weighted by Crippen LogP contribution is 2.33. The fraction of sp³-hybridized carbons (Fsp3) is 0.333. The molecule has 2 rings (SSSR count). The Morgan fingerprint density at radius 2 is 1.92 bits per heavy atom. The highest BCUT2D eigenvalue weighted by Gasteiger charge is 2.31. The van der Waals surface area contributed by atoms with Gasteiger partial charge in [-0.1, -0.05) is 30.3 Å². The van der Waals surface area contributed by atoms with Crippen molar-refractivity contribution >= 4 is 5.97 Å². The van der Waals surface area contributed by atoms with Gasteiger partial charge in [-0.15, -0.1) is 0 Å². The molecular formula is C18H18F3NO2. The summed E-state index contributed by atoms with van der Waals surface area (Å²) in [6, 6.07) is 9.92. The molecule has 1 heterocycles. The molecule has 0 fully saturated rings. The normalized spacial score (nSPS) is 11.3.